The highest BCUT2D eigenvalue weighted by Gasteiger charge is 2.34. The number of amides is 1. The molecule has 0 unspecified atom stereocenters. The van der Waals surface area contributed by atoms with Crippen LogP contribution in [0.3, 0.4) is 0 Å². The number of aromatic nitrogens is 2. The number of carbonyl (C=O) groups is 1. The summed E-state index contributed by atoms with van der Waals surface area (Å²) in [4.78, 5) is 16.5. The molecule has 1 amide bonds. The first-order chi connectivity index (χ1) is 12.4. The molecule has 0 radical (unpaired) electrons. The Morgan fingerprint density at radius 1 is 1.38 bits per heavy atom. The van der Waals surface area contributed by atoms with Crippen molar-refractivity contribution in [3.05, 3.63) is 47.5 Å². The number of hydrogen-bond acceptors (Lipinski definition) is 4. The number of phenols is 1. The molecule has 1 N–H and O–H groups in total. The van der Waals surface area contributed by atoms with E-state index >= 15 is 0 Å². The van der Waals surface area contributed by atoms with Crippen LogP contribution < -0.4 is 0 Å². The largest absolute Gasteiger partial charge is 0.508 e. The van der Waals surface area contributed by atoms with E-state index in [1.807, 2.05) is 17.8 Å². The predicted octanol–water partition coefficient (Wildman–Crippen LogP) is 2.42. The van der Waals surface area contributed by atoms with Gasteiger partial charge in [-0.15, -0.1) is 0 Å². The minimum absolute atomic E-state index is 0.0217. The Kier molecular flexibility index (Phi) is 5.27. The molecule has 2 atom stereocenters. The zero-order valence-electron chi connectivity index (χ0n) is 15.4. The van der Waals surface area contributed by atoms with E-state index in [4.69, 9.17) is 0 Å². The van der Waals surface area contributed by atoms with E-state index in [0.29, 0.717) is 6.54 Å². The van der Waals surface area contributed by atoms with E-state index in [2.05, 4.69) is 17.0 Å². The topological polar surface area (TPSA) is 61.6 Å². The highest BCUT2D eigenvalue weighted by atomic mass is 19.1. The van der Waals surface area contributed by atoms with E-state index in [1.54, 1.807) is 18.1 Å². The SMILES string of the molecule is CN(C[C@@H]1CCCN(C)[C@H]1c1ccnn1C)C(=O)c1ccc(O)cc1F. The number of phenolic OH excluding ortho intramolecular Hbond substituents is 1. The molecule has 6 nitrogen and oxygen atoms in total. The summed E-state index contributed by atoms with van der Waals surface area (Å²) in [5, 5.41) is 13.6. The number of aryl methyl sites for hydroxylation is 1. The van der Waals surface area contributed by atoms with Crippen molar-refractivity contribution >= 4 is 5.91 Å². The van der Waals surface area contributed by atoms with Gasteiger partial charge in [0.2, 0.25) is 0 Å². The van der Waals surface area contributed by atoms with Gasteiger partial charge < -0.3 is 10.0 Å². The molecule has 0 spiro atoms. The van der Waals surface area contributed by atoms with Crippen molar-refractivity contribution in [2.45, 2.75) is 18.9 Å². The van der Waals surface area contributed by atoms with Crippen LogP contribution in [0.4, 0.5) is 4.39 Å². The van der Waals surface area contributed by atoms with Gasteiger partial charge in [-0.3, -0.25) is 14.4 Å². The number of likely N-dealkylation sites (tertiary alicyclic amines) is 1. The van der Waals surface area contributed by atoms with E-state index < -0.39 is 5.82 Å². The summed E-state index contributed by atoms with van der Waals surface area (Å²) in [6.45, 7) is 1.52. The fourth-order valence-electron chi connectivity index (χ4n) is 3.91. The standard InChI is InChI=1S/C19H25FN4O2/c1-22-10-4-5-13(18(22)17-8-9-21-24(17)3)12-23(2)19(26)15-7-6-14(25)11-16(15)20/h6-9,11,13,18,25H,4-5,10,12H2,1-3H3/t13-,18+/m0/s1. The van der Waals surface area contributed by atoms with Gasteiger partial charge in [0.05, 0.1) is 17.3 Å². The molecule has 0 bridgehead atoms. The maximum atomic E-state index is 14.0. The third-order valence-electron chi connectivity index (χ3n) is 5.21. The van der Waals surface area contributed by atoms with Gasteiger partial charge >= 0.3 is 0 Å². The van der Waals surface area contributed by atoms with E-state index in [9.17, 15) is 14.3 Å². The molecule has 0 saturated carbocycles. The Labute approximate surface area is 152 Å². The lowest BCUT2D eigenvalue weighted by Crippen LogP contribution is -2.43. The maximum Gasteiger partial charge on any atom is 0.256 e. The third-order valence-corrected chi connectivity index (χ3v) is 5.21. The van der Waals surface area contributed by atoms with Gasteiger partial charge in [-0.1, -0.05) is 0 Å². The first kappa shape index (κ1) is 18.4. The highest BCUT2D eigenvalue weighted by molar-refractivity contribution is 5.94. The Balaban J connectivity index is 1.79. The van der Waals surface area contributed by atoms with E-state index in [1.165, 1.54) is 12.1 Å². The molecular weight excluding hydrogens is 335 g/mol. The highest BCUT2D eigenvalue weighted by Crippen LogP contribution is 2.35. The van der Waals surface area contributed by atoms with Gasteiger partial charge in [-0.25, -0.2) is 4.39 Å². The monoisotopic (exact) mass is 360 g/mol. The maximum absolute atomic E-state index is 14.0. The minimum Gasteiger partial charge on any atom is -0.508 e. The number of halogens is 1. The summed E-state index contributed by atoms with van der Waals surface area (Å²) in [5.41, 5.74) is 1.10. The fraction of sp³-hybridized carbons (Fsp3) is 0.474. The average molecular weight is 360 g/mol. The van der Waals surface area contributed by atoms with Crippen LogP contribution in [0.1, 0.15) is 34.9 Å². The van der Waals surface area contributed by atoms with Gasteiger partial charge in [0.1, 0.15) is 11.6 Å². The van der Waals surface area contributed by atoms with Crippen LogP contribution in [0.15, 0.2) is 30.5 Å². The normalized spacial score (nSPS) is 20.9. The molecule has 7 heteroatoms. The van der Waals surface area contributed by atoms with Gasteiger partial charge in [-0.05, 0) is 50.6 Å². The van der Waals surface area contributed by atoms with Crippen molar-refractivity contribution in [2.24, 2.45) is 13.0 Å². The number of carbonyl (C=O) groups excluding carboxylic acids is 1. The molecule has 1 aromatic heterocycles. The summed E-state index contributed by atoms with van der Waals surface area (Å²) < 4.78 is 15.9. The second kappa shape index (κ2) is 7.45. The number of hydrogen-bond donors (Lipinski definition) is 1. The Morgan fingerprint density at radius 3 is 2.81 bits per heavy atom. The molecule has 0 aliphatic carbocycles. The second-order valence-electron chi connectivity index (χ2n) is 7.06. The van der Waals surface area contributed by atoms with Crippen molar-refractivity contribution < 1.29 is 14.3 Å². The Hall–Kier alpha value is -2.41. The lowest BCUT2D eigenvalue weighted by atomic mass is 9.86. The van der Waals surface area contributed by atoms with Crippen molar-refractivity contribution in [2.75, 3.05) is 27.2 Å². The average Bonchev–Trinajstić information content (AvgIpc) is 3.00. The van der Waals surface area contributed by atoms with Gasteiger partial charge in [0.25, 0.3) is 5.91 Å². The van der Waals surface area contributed by atoms with E-state index in [0.717, 1.165) is 31.1 Å². The van der Waals surface area contributed by atoms with Crippen LogP contribution in [0.5, 0.6) is 5.75 Å². The molecule has 140 valence electrons. The number of piperidine rings is 1. The molecule has 2 heterocycles. The van der Waals surface area contributed by atoms with Gasteiger partial charge in [-0.2, -0.15) is 5.10 Å². The van der Waals surface area contributed by atoms with Crippen molar-refractivity contribution in [1.82, 2.24) is 19.6 Å². The quantitative estimate of drug-likeness (QED) is 0.910. The Morgan fingerprint density at radius 2 is 2.15 bits per heavy atom. The van der Waals surface area contributed by atoms with Crippen LogP contribution in [-0.4, -0.2) is 57.8 Å². The molecule has 3 rings (SSSR count). The van der Waals surface area contributed by atoms with Crippen LogP contribution in [0.2, 0.25) is 0 Å². The number of nitrogens with zero attached hydrogens (tertiary/aromatic N) is 4. The minimum atomic E-state index is -0.703. The van der Waals surface area contributed by atoms with Crippen LogP contribution in [0, 0.1) is 11.7 Å². The van der Waals surface area contributed by atoms with Crippen molar-refractivity contribution in [1.29, 1.82) is 0 Å². The zero-order valence-corrected chi connectivity index (χ0v) is 15.4. The molecular formula is C19H25FN4O2. The van der Waals surface area contributed by atoms with E-state index in [-0.39, 0.29) is 29.2 Å². The lowest BCUT2D eigenvalue weighted by molar-refractivity contribution is 0.0627. The summed E-state index contributed by atoms with van der Waals surface area (Å²) >= 11 is 0. The molecule has 1 saturated heterocycles. The third kappa shape index (κ3) is 3.58. The van der Waals surface area contributed by atoms with Crippen LogP contribution in [0.25, 0.3) is 0 Å². The van der Waals surface area contributed by atoms with Crippen molar-refractivity contribution in [3.8, 4) is 5.75 Å². The van der Waals surface area contributed by atoms with Crippen molar-refractivity contribution in [3.63, 3.8) is 0 Å². The first-order valence-electron chi connectivity index (χ1n) is 8.80. The molecule has 1 aliphatic heterocycles. The molecule has 1 aliphatic rings. The van der Waals surface area contributed by atoms with Crippen LogP contribution in [-0.2, 0) is 7.05 Å². The molecule has 26 heavy (non-hydrogen) atoms. The zero-order chi connectivity index (χ0) is 18.8. The second-order valence-corrected chi connectivity index (χ2v) is 7.06. The van der Waals surface area contributed by atoms with Gasteiger partial charge in [0, 0.05) is 32.9 Å². The number of benzene rings is 1. The first-order valence-corrected chi connectivity index (χ1v) is 8.80. The summed E-state index contributed by atoms with van der Waals surface area (Å²) in [5.74, 6) is -1.03. The predicted molar refractivity (Wildman–Crippen MR) is 96.3 cm³/mol. The summed E-state index contributed by atoms with van der Waals surface area (Å²) in [6, 6.07) is 5.80. The molecule has 1 aromatic carbocycles. The number of aromatic hydroxyl groups is 1. The smallest absolute Gasteiger partial charge is 0.256 e. The molecule has 1 fully saturated rings. The lowest BCUT2D eigenvalue weighted by Gasteiger charge is -2.40. The summed E-state index contributed by atoms with van der Waals surface area (Å²) in [6.07, 6.45) is 3.84. The number of rotatable bonds is 4. The summed E-state index contributed by atoms with van der Waals surface area (Å²) in [7, 11) is 5.71. The van der Waals surface area contributed by atoms with Crippen LogP contribution >= 0.6 is 0 Å². The fourth-order valence-corrected chi connectivity index (χ4v) is 3.91. The Bertz CT molecular complexity index is 792. The van der Waals surface area contributed by atoms with Gasteiger partial charge in [0.15, 0.2) is 0 Å². The molecule has 2 aromatic rings.